The molecule has 1 amide bonds. The number of hydrogen-bond acceptors (Lipinski definition) is 3. The minimum atomic E-state index is -0.727. The van der Waals surface area contributed by atoms with E-state index in [-0.39, 0.29) is 24.3 Å². The van der Waals surface area contributed by atoms with Crippen molar-refractivity contribution in [2.24, 2.45) is 5.92 Å². The van der Waals surface area contributed by atoms with Gasteiger partial charge in [-0.05, 0) is 50.7 Å². The van der Waals surface area contributed by atoms with Gasteiger partial charge in [-0.1, -0.05) is 12.1 Å². The predicted molar refractivity (Wildman–Crippen MR) is 90.9 cm³/mol. The van der Waals surface area contributed by atoms with Crippen LogP contribution in [0, 0.1) is 19.8 Å². The van der Waals surface area contributed by atoms with E-state index in [0.717, 1.165) is 34.9 Å². The fraction of sp³-hybridized carbons (Fsp3) is 0.474. The molecule has 0 radical (unpaired) electrons. The van der Waals surface area contributed by atoms with Crippen LogP contribution in [0.5, 0.6) is 0 Å². The van der Waals surface area contributed by atoms with Gasteiger partial charge in [0.05, 0.1) is 18.6 Å². The van der Waals surface area contributed by atoms with Gasteiger partial charge in [-0.2, -0.15) is 0 Å². The molecule has 5 nitrogen and oxygen atoms in total. The summed E-state index contributed by atoms with van der Waals surface area (Å²) < 4.78 is 5.65. The maximum Gasteiger partial charge on any atom is 0.306 e. The molecule has 0 saturated heterocycles. The number of carboxylic acids is 1. The zero-order valence-electron chi connectivity index (χ0n) is 14.1. The van der Waals surface area contributed by atoms with Crippen LogP contribution in [0.3, 0.4) is 0 Å². The number of carbonyl (C=O) groups is 2. The third kappa shape index (κ3) is 3.30. The normalized spacial score (nSPS) is 20.9. The molecule has 1 saturated carbocycles. The molecule has 2 aromatic rings. The summed E-state index contributed by atoms with van der Waals surface area (Å²) >= 11 is 0. The van der Waals surface area contributed by atoms with Gasteiger partial charge in [0, 0.05) is 17.0 Å². The van der Waals surface area contributed by atoms with Gasteiger partial charge in [-0.15, -0.1) is 0 Å². The highest BCUT2D eigenvalue weighted by atomic mass is 16.4. The first-order valence-corrected chi connectivity index (χ1v) is 8.44. The lowest BCUT2D eigenvalue weighted by Crippen LogP contribution is -2.39. The van der Waals surface area contributed by atoms with Crippen molar-refractivity contribution in [3.8, 4) is 0 Å². The Morgan fingerprint density at radius 1 is 1.21 bits per heavy atom. The number of hydrogen-bond donors (Lipinski definition) is 2. The third-order valence-corrected chi connectivity index (χ3v) is 5.13. The number of aryl methyl sites for hydroxylation is 2. The Kier molecular flexibility index (Phi) is 4.60. The Hall–Kier alpha value is -2.30. The minimum absolute atomic E-state index is 0.0327. The second-order valence-electron chi connectivity index (χ2n) is 6.78. The second-order valence-corrected chi connectivity index (χ2v) is 6.78. The fourth-order valence-corrected chi connectivity index (χ4v) is 3.46. The average molecular weight is 329 g/mol. The van der Waals surface area contributed by atoms with Crippen LogP contribution in [-0.2, 0) is 16.0 Å². The monoisotopic (exact) mass is 329 g/mol. The Balaban J connectivity index is 1.62. The van der Waals surface area contributed by atoms with Crippen LogP contribution in [-0.4, -0.2) is 23.0 Å². The Bertz CT molecular complexity index is 769. The minimum Gasteiger partial charge on any atom is -0.481 e. The topological polar surface area (TPSA) is 79.5 Å². The van der Waals surface area contributed by atoms with Crippen molar-refractivity contribution in [2.45, 2.75) is 52.0 Å². The van der Waals surface area contributed by atoms with Crippen molar-refractivity contribution in [2.75, 3.05) is 0 Å². The Morgan fingerprint density at radius 3 is 2.58 bits per heavy atom. The molecular formula is C19H23NO4. The van der Waals surface area contributed by atoms with Gasteiger partial charge < -0.3 is 14.8 Å². The number of rotatable bonds is 4. The largest absolute Gasteiger partial charge is 0.481 e. The highest BCUT2D eigenvalue weighted by molar-refractivity contribution is 5.89. The van der Waals surface area contributed by atoms with Gasteiger partial charge in [0.1, 0.15) is 5.58 Å². The molecule has 1 aliphatic rings. The molecule has 0 atom stereocenters. The van der Waals surface area contributed by atoms with Crippen LogP contribution in [0.4, 0.5) is 0 Å². The first kappa shape index (κ1) is 16.6. The predicted octanol–water partition coefficient (Wildman–Crippen LogP) is 3.35. The van der Waals surface area contributed by atoms with Crippen molar-refractivity contribution in [1.29, 1.82) is 0 Å². The van der Waals surface area contributed by atoms with Crippen LogP contribution in [0.1, 0.15) is 42.4 Å². The number of amides is 1. The van der Waals surface area contributed by atoms with E-state index in [1.807, 2.05) is 26.0 Å². The van der Waals surface area contributed by atoms with E-state index < -0.39 is 5.97 Å². The summed E-state index contributed by atoms with van der Waals surface area (Å²) in [6.45, 7) is 4.06. The molecule has 0 spiro atoms. The number of fused-ring (bicyclic) bond motifs is 1. The van der Waals surface area contributed by atoms with Crippen LogP contribution in [0.25, 0.3) is 11.0 Å². The van der Waals surface area contributed by atoms with E-state index in [0.29, 0.717) is 12.8 Å². The van der Waals surface area contributed by atoms with Crippen LogP contribution in [0.2, 0.25) is 0 Å². The molecule has 0 unspecified atom stereocenters. The van der Waals surface area contributed by atoms with Gasteiger partial charge in [0.25, 0.3) is 0 Å². The lowest BCUT2D eigenvalue weighted by molar-refractivity contribution is -0.142. The lowest BCUT2D eigenvalue weighted by Gasteiger charge is -2.26. The average Bonchev–Trinajstić information content (AvgIpc) is 2.95. The lowest BCUT2D eigenvalue weighted by atomic mass is 9.86. The molecule has 5 heteroatoms. The molecule has 0 aliphatic heterocycles. The molecule has 128 valence electrons. The van der Waals surface area contributed by atoms with E-state index in [1.165, 1.54) is 5.56 Å². The van der Waals surface area contributed by atoms with E-state index in [1.54, 1.807) is 6.26 Å². The quantitative estimate of drug-likeness (QED) is 0.901. The molecular weight excluding hydrogens is 306 g/mol. The maximum absolute atomic E-state index is 12.3. The highest BCUT2D eigenvalue weighted by Gasteiger charge is 2.26. The van der Waals surface area contributed by atoms with Crippen molar-refractivity contribution >= 4 is 22.8 Å². The first-order chi connectivity index (χ1) is 11.5. The molecule has 1 aromatic heterocycles. The molecule has 1 fully saturated rings. The summed E-state index contributed by atoms with van der Waals surface area (Å²) in [5.41, 5.74) is 4.01. The maximum atomic E-state index is 12.3. The van der Waals surface area contributed by atoms with Gasteiger partial charge in [0.15, 0.2) is 0 Å². The molecule has 24 heavy (non-hydrogen) atoms. The standard InChI is InChI=1S/C19H23NO4/c1-11-3-8-16-14(10-24-18(16)12(11)2)9-17(21)20-15-6-4-13(5-7-15)19(22)23/h3,8,10,13,15H,4-7,9H2,1-2H3,(H,20,21)(H,22,23). The number of aliphatic carboxylic acids is 1. The van der Waals surface area contributed by atoms with E-state index in [2.05, 4.69) is 5.32 Å². The molecule has 2 N–H and O–H groups in total. The molecule has 3 rings (SSSR count). The number of benzene rings is 1. The van der Waals surface area contributed by atoms with Crippen LogP contribution in [0.15, 0.2) is 22.8 Å². The first-order valence-electron chi connectivity index (χ1n) is 8.44. The van der Waals surface area contributed by atoms with Gasteiger partial charge in [0.2, 0.25) is 5.91 Å². The van der Waals surface area contributed by atoms with Gasteiger partial charge >= 0.3 is 5.97 Å². The summed E-state index contributed by atoms with van der Waals surface area (Å²) in [7, 11) is 0. The smallest absolute Gasteiger partial charge is 0.306 e. The summed E-state index contributed by atoms with van der Waals surface area (Å²) in [6, 6.07) is 4.12. The van der Waals surface area contributed by atoms with E-state index in [9.17, 15) is 9.59 Å². The van der Waals surface area contributed by atoms with Crippen molar-refractivity contribution < 1.29 is 19.1 Å². The van der Waals surface area contributed by atoms with Crippen molar-refractivity contribution in [3.63, 3.8) is 0 Å². The summed E-state index contributed by atoms with van der Waals surface area (Å²) in [4.78, 5) is 23.3. The zero-order chi connectivity index (χ0) is 17.3. The molecule has 1 aliphatic carbocycles. The molecule has 1 heterocycles. The second kappa shape index (κ2) is 6.67. The van der Waals surface area contributed by atoms with E-state index >= 15 is 0 Å². The SMILES string of the molecule is Cc1ccc2c(CC(=O)NC3CCC(C(=O)O)CC3)coc2c1C. The summed E-state index contributed by atoms with van der Waals surface area (Å²) in [5, 5.41) is 13.0. The number of carboxylic acid groups (broad SMARTS) is 1. The van der Waals surface area contributed by atoms with Gasteiger partial charge in [-0.25, -0.2) is 0 Å². The third-order valence-electron chi connectivity index (χ3n) is 5.13. The summed E-state index contributed by atoms with van der Waals surface area (Å²) in [5.74, 6) is -1.02. The van der Waals surface area contributed by atoms with Gasteiger partial charge in [-0.3, -0.25) is 9.59 Å². The Morgan fingerprint density at radius 2 is 1.92 bits per heavy atom. The zero-order valence-corrected chi connectivity index (χ0v) is 14.1. The molecule has 0 bridgehead atoms. The van der Waals surface area contributed by atoms with Crippen LogP contribution >= 0.6 is 0 Å². The number of furan rings is 1. The van der Waals surface area contributed by atoms with Crippen molar-refractivity contribution in [1.82, 2.24) is 5.32 Å². The summed E-state index contributed by atoms with van der Waals surface area (Å²) in [6.07, 6.45) is 4.67. The molecule has 1 aromatic carbocycles. The number of nitrogens with one attached hydrogen (secondary N) is 1. The highest BCUT2D eigenvalue weighted by Crippen LogP contribution is 2.27. The van der Waals surface area contributed by atoms with Crippen molar-refractivity contribution in [3.05, 3.63) is 35.1 Å². The number of carbonyl (C=O) groups excluding carboxylic acids is 1. The fourth-order valence-electron chi connectivity index (χ4n) is 3.46. The van der Waals surface area contributed by atoms with E-state index in [4.69, 9.17) is 9.52 Å². The van der Waals surface area contributed by atoms with Crippen LogP contribution < -0.4 is 5.32 Å². The Labute approximate surface area is 141 Å².